The largest absolute Gasteiger partial charge is 0.506 e. The number of sulfonamides is 1. The third kappa shape index (κ3) is 6.12. The molecule has 2 aliphatic rings. The Morgan fingerprint density at radius 2 is 1.85 bits per heavy atom. The van der Waals surface area contributed by atoms with Crippen LogP contribution in [-0.4, -0.2) is 49.4 Å². The van der Waals surface area contributed by atoms with Gasteiger partial charge >= 0.3 is 12.1 Å². The Hall–Kier alpha value is -4.19. The van der Waals surface area contributed by atoms with E-state index in [1.807, 2.05) is 0 Å². The summed E-state index contributed by atoms with van der Waals surface area (Å²) in [6, 6.07) is 10.9. The van der Waals surface area contributed by atoms with E-state index in [4.69, 9.17) is 9.47 Å². The number of anilines is 2. The first-order valence-corrected chi connectivity index (χ1v) is 14.6. The lowest BCUT2D eigenvalue weighted by atomic mass is 9.67. The summed E-state index contributed by atoms with van der Waals surface area (Å²) in [4.78, 5) is 37.9. The number of aliphatic hydroxyl groups excluding tert-OH is 1. The van der Waals surface area contributed by atoms with Crippen molar-refractivity contribution in [3.63, 3.8) is 0 Å². The predicted molar refractivity (Wildman–Crippen MR) is 153 cm³/mol. The molecule has 2 aromatic rings. The van der Waals surface area contributed by atoms with Gasteiger partial charge in [0.15, 0.2) is 11.6 Å². The molecule has 2 aromatic carbocycles. The number of esters is 1. The average Bonchev–Trinajstić information content (AvgIpc) is 2.87. The van der Waals surface area contributed by atoms with Gasteiger partial charge in [0.25, 0.3) is 10.0 Å². The fourth-order valence-electron chi connectivity index (χ4n) is 4.86. The quantitative estimate of drug-likeness (QED) is 0.377. The van der Waals surface area contributed by atoms with Gasteiger partial charge in [0.05, 0.1) is 17.7 Å². The molecule has 0 radical (unpaired) electrons. The molecule has 1 aliphatic carbocycles. The number of nitrogens with one attached hydrogen (secondary N) is 2. The fourth-order valence-corrected chi connectivity index (χ4v) is 6.01. The van der Waals surface area contributed by atoms with E-state index >= 15 is 0 Å². The van der Waals surface area contributed by atoms with E-state index in [1.54, 1.807) is 58.9 Å². The molecular weight excluding hydrogens is 550 g/mol. The van der Waals surface area contributed by atoms with Crippen LogP contribution in [0.2, 0.25) is 0 Å². The van der Waals surface area contributed by atoms with Crippen molar-refractivity contribution in [3.05, 3.63) is 59.2 Å². The number of hydrogen-bond donors (Lipinski definition) is 3. The number of aliphatic hydroxyl groups is 1. The summed E-state index contributed by atoms with van der Waals surface area (Å²) in [5.74, 6) is -1.64. The number of fused-ring (bicyclic) bond motifs is 2. The minimum atomic E-state index is -4.36. The van der Waals surface area contributed by atoms with E-state index in [-0.39, 0.29) is 53.1 Å². The Morgan fingerprint density at radius 1 is 1.15 bits per heavy atom. The molecular formula is C29H33N3O8S. The normalized spacial score (nSPS) is 19.3. The predicted octanol–water partition coefficient (Wildman–Crippen LogP) is 5.09. The first kappa shape index (κ1) is 29.8. The smallest absolute Gasteiger partial charge is 0.412 e. The lowest BCUT2D eigenvalue weighted by Crippen LogP contribution is -2.42. The van der Waals surface area contributed by atoms with E-state index in [9.17, 15) is 27.9 Å². The molecule has 1 unspecified atom stereocenters. The van der Waals surface area contributed by atoms with Crippen LogP contribution in [0.3, 0.4) is 0 Å². The minimum absolute atomic E-state index is 0.102. The van der Waals surface area contributed by atoms with Crippen LogP contribution in [0.15, 0.2) is 57.3 Å². The summed E-state index contributed by atoms with van der Waals surface area (Å²) in [5, 5.41) is 16.6. The van der Waals surface area contributed by atoms with Crippen LogP contribution in [0, 0.1) is 0 Å². The molecule has 0 fully saturated rings. The number of hydrogen-bond acceptors (Lipinski definition) is 9. The molecule has 12 heteroatoms. The number of rotatable bonds is 7. The minimum Gasteiger partial charge on any atom is -0.506 e. The van der Waals surface area contributed by atoms with Crippen molar-refractivity contribution >= 4 is 50.8 Å². The lowest BCUT2D eigenvalue weighted by molar-refractivity contribution is -0.143. The van der Waals surface area contributed by atoms with Crippen LogP contribution in [-0.2, 0) is 34.5 Å². The van der Waals surface area contributed by atoms with Crippen molar-refractivity contribution in [2.75, 3.05) is 17.2 Å². The standard InChI is InChI=1S/C29H33N3O8S/c1-6-39-22(33)12-9-15-29(5)19-11-8-7-10-18(19)24(34)23(25(29)35)26-31-20-14-13-17(16-21(20)41(37,38)32-26)30-27(36)40-28(2,3)4/h7-8,10-11,13-14,16,34H,6,9,12,15H2,1-5H3,(H,30,36)(H,31,32). The van der Waals surface area contributed by atoms with Gasteiger partial charge in [0.2, 0.25) is 0 Å². The van der Waals surface area contributed by atoms with Gasteiger partial charge < -0.3 is 19.9 Å². The van der Waals surface area contributed by atoms with Gasteiger partial charge in [-0.25, -0.2) is 4.79 Å². The summed E-state index contributed by atoms with van der Waals surface area (Å²) in [6.45, 7) is 8.76. The Balaban J connectivity index is 1.69. The molecule has 41 heavy (non-hydrogen) atoms. The summed E-state index contributed by atoms with van der Waals surface area (Å²) < 4.78 is 40.6. The molecule has 0 aromatic heterocycles. The third-order valence-electron chi connectivity index (χ3n) is 6.71. The number of carbonyl (C=O) groups is 3. The van der Waals surface area contributed by atoms with Crippen LogP contribution >= 0.6 is 0 Å². The van der Waals surface area contributed by atoms with Crippen LogP contribution in [0.1, 0.15) is 65.0 Å². The zero-order valence-electron chi connectivity index (χ0n) is 23.5. The number of Topliss-reactive ketones (excluding diaryl/α,β-unsaturated/α-hetero) is 1. The Bertz CT molecular complexity index is 1590. The van der Waals surface area contributed by atoms with Crippen molar-refractivity contribution in [2.24, 2.45) is 4.40 Å². The van der Waals surface area contributed by atoms with Crippen molar-refractivity contribution in [1.29, 1.82) is 0 Å². The maximum absolute atomic E-state index is 14.0. The lowest BCUT2D eigenvalue weighted by Gasteiger charge is -2.36. The average molecular weight is 584 g/mol. The van der Waals surface area contributed by atoms with Crippen LogP contribution in [0.5, 0.6) is 0 Å². The Labute approximate surface area is 238 Å². The second-order valence-corrected chi connectivity index (χ2v) is 12.5. The molecule has 1 atom stereocenters. The third-order valence-corrected chi connectivity index (χ3v) is 8.03. The number of amides is 1. The van der Waals surface area contributed by atoms with Gasteiger partial charge in [0, 0.05) is 17.7 Å². The van der Waals surface area contributed by atoms with Crippen molar-refractivity contribution < 1.29 is 37.4 Å². The molecule has 3 N–H and O–H groups in total. The zero-order valence-corrected chi connectivity index (χ0v) is 24.3. The topological polar surface area (TPSA) is 160 Å². The van der Waals surface area contributed by atoms with E-state index < -0.39 is 38.7 Å². The zero-order chi connectivity index (χ0) is 30.2. The van der Waals surface area contributed by atoms with Crippen LogP contribution < -0.4 is 10.6 Å². The molecule has 4 rings (SSSR count). The molecule has 11 nitrogen and oxygen atoms in total. The summed E-state index contributed by atoms with van der Waals surface area (Å²) in [7, 11) is -4.36. The van der Waals surface area contributed by atoms with E-state index in [2.05, 4.69) is 15.0 Å². The van der Waals surface area contributed by atoms with E-state index in [1.165, 1.54) is 18.2 Å². The number of carbonyl (C=O) groups excluding carboxylic acids is 3. The highest BCUT2D eigenvalue weighted by Crippen LogP contribution is 2.44. The molecule has 0 spiro atoms. The maximum Gasteiger partial charge on any atom is 0.412 e. The van der Waals surface area contributed by atoms with Gasteiger partial charge in [-0.3, -0.25) is 14.9 Å². The van der Waals surface area contributed by atoms with Crippen molar-refractivity contribution in [1.82, 2.24) is 0 Å². The second-order valence-electron chi connectivity index (χ2n) is 11.0. The number of nitrogens with zero attached hydrogens (tertiary/aromatic N) is 1. The second kappa shape index (κ2) is 11.0. The number of benzene rings is 2. The molecule has 218 valence electrons. The summed E-state index contributed by atoms with van der Waals surface area (Å²) in [6.07, 6.45) is -0.0800. The highest BCUT2D eigenvalue weighted by atomic mass is 32.2. The Morgan fingerprint density at radius 3 is 2.54 bits per heavy atom. The molecule has 0 saturated carbocycles. The highest BCUT2D eigenvalue weighted by molar-refractivity contribution is 7.90. The van der Waals surface area contributed by atoms with Gasteiger partial charge in [-0.2, -0.15) is 8.42 Å². The van der Waals surface area contributed by atoms with Gasteiger partial charge in [-0.1, -0.05) is 24.3 Å². The van der Waals surface area contributed by atoms with Crippen LogP contribution in [0.4, 0.5) is 16.2 Å². The number of ether oxygens (including phenoxy) is 2. The van der Waals surface area contributed by atoms with Crippen molar-refractivity contribution in [2.45, 2.75) is 69.8 Å². The van der Waals surface area contributed by atoms with E-state index in [0.717, 1.165) is 0 Å². The van der Waals surface area contributed by atoms with E-state index in [0.29, 0.717) is 17.5 Å². The first-order valence-electron chi connectivity index (χ1n) is 13.2. The fraction of sp³-hybridized carbons (Fsp3) is 0.379. The van der Waals surface area contributed by atoms with Crippen molar-refractivity contribution in [3.8, 4) is 0 Å². The SMILES string of the molecule is CCOC(=O)CCCC1(C)C(=O)C(C2=NS(=O)(=O)c3cc(NC(=O)OC(C)(C)C)ccc3N2)=C(O)c2ccccc21. The maximum atomic E-state index is 14.0. The first-order chi connectivity index (χ1) is 19.2. The number of amidine groups is 1. The van der Waals surface area contributed by atoms with Gasteiger partial charge in [-0.05, 0) is 71.2 Å². The van der Waals surface area contributed by atoms with Gasteiger partial charge in [0.1, 0.15) is 21.8 Å². The van der Waals surface area contributed by atoms with Gasteiger partial charge in [-0.15, -0.1) is 4.40 Å². The Kier molecular flexibility index (Phi) is 7.99. The molecule has 1 heterocycles. The molecule has 0 bridgehead atoms. The molecule has 1 aliphatic heterocycles. The highest BCUT2D eigenvalue weighted by Gasteiger charge is 2.46. The molecule has 1 amide bonds. The summed E-state index contributed by atoms with van der Waals surface area (Å²) >= 11 is 0. The molecule has 0 saturated heterocycles. The summed E-state index contributed by atoms with van der Waals surface area (Å²) in [5.41, 5.74) is -0.994. The van der Waals surface area contributed by atoms with Crippen LogP contribution in [0.25, 0.3) is 5.76 Å². The monoisotopic (exact) mass is 583 g/mol. The number of ketones is 1.